The lowest BCUT2D eigenvalue weighted by Gasteiger charge is -2.16. The average molecular weight is 488 g/mol. The van der Waals surface area contributed by atoms with Gasteiger partial charge in [-0.1, -0.05) is 30.3 Å². The van der Waals surface area contributed by atoms with E-state index in [0.717, 1.165) is 10.0 Å². The molecule has 0 bridgehead atoms. The Morgan fingerprint density at radius 3 is 2.13 bits per heavy atom. The van der Waals surface area contributed by atoms with Gasteiger partial charge in [-0.05, 0) is 39.7 Å². The lowest BCUT2D eigenvalue weighted by molar-refractivity contribution is 0.0841. The molecule has 9 heteroatoms. The van der Waals surface area contributed by atoms with Crippen LogP contribution in [-0.2, 0) is 13.7 Å². The second-order valence-corrected chi connectivity index (χ2v) is 7.46. The van der Waals surface area contributed by atoms with Crippen LogP contribution < -0.4 is 25.1 Å². The van der Waals surface area contributed by atoms with Crippen LogP contribution in [0.5, 0.6) is 17.2 Å². The largest absolute Gasteiger partial charge is 0.493 e. The molecule has 3 rings (SSSR count). The fraction of sp³-hybridized carbons (Fsp3) is 0.182. The van der Waals surface area contributed by atoms with Crippen molar-refractivity contribution < 1.29 is 23.8 Å². The van der Waals surface area contributed by atoms with Crippen LogP contribution >= 0.6 is 15.9 Å². The Morgan fingerprint density at radius 1 is 0.968 bits per heavy atom. The molecule has 0 aliphatic carbocycles. The fourth-order valence-electron chi connectivity index (χ4n) is 2.88. The van der Waals surface area contributed by atoms with E-state index < -0.39 is 11.8 Å². The predicted molar refractivity (Wildman–Crippen MR) is 118 cm³/mol. The summed E-state index contributed by atoms with van der Waals surface area (Å²) in [6.45, 7) is 0.307. The molecule has 0 saturated carbocycles. The molecule has 0 aliphatic heterocycles. The van der Waals surface area contributed by atoms with E-state index in [9.17, 15) is 9.59 Å². The number of nitrogens with zero attached hydrogens (tertiary/aromatic N) is 1. The Balaban J connectivity index is 1.74. The zero-order valence-electron chi connectivity index (χ0n) is 17.3. The molecule has 0 atom stereocenters. The zero-order chi connectivity index (χ0) is 22.4. The van der Waals surface area contributed by atoms with Crippen LogP contribution in [0.25, 0.3) is 0 Å². The van der Waals surface area contributed by atoms with Crippen LogP contribution in [0.4, 0.5) is 0 Å². The highest BCUT2D eigenvalue weighted by Crippen LogP contribution is 2.39. The molecule has 8 nitrogen and oxygen atoms in total. The molecule has 0 saturated heterocycles. The number of halogens is 1. The first kappa shape index (κ1) is 22.2. The number of ether oxygens (including phenoxy) is 3. The third-order valence-corrected chi connectivity index (χ3v) is 4.88. The maximum absolute atomic E-state index is 12.6. The molecule has 162 valence electrons. The maximum Gasteiger partial charge on any atom is 0.286 e. The number of aromatic nitrogens is 1. The lowest BCUT2D eigenvalue weighted by Crippen LogP contribution is -2.42. The Hall–Kier alpha value is -3.46. The molecule has 0 aliphatic rings. The van der Waals surface area contributed by atoms with Crippen molar-refractivity contribution in [1.29, 1.82) is 0 Å². The number of hydrogen-bond donors (Lipinski definition) is 2. The van der Waals surface area contributed by atoms with E-state index >= 15 is 0 Å². The highest BCUT2D eigenvalue weighted by atomic mass is 79.9. The SMILES string of the molecule is COc1cc(C(=O)NNC(=O)c2cc(Br)cn2C)cc(OC)c1OCc1ccccc1. The first-order valence-corrected chi connectivity index (χ1v) is 10.1. The number of amides is 2. The van der Waals surface area contributed by atoms with E-state index in [2.05, 4.69) is 26.8 Å². The van der Waals surface area contributed by atoms with Crippen molar-refractivity contribution in [1.82, 2.24) is 15.4 Å². The van der Waals surface area contributed by atoms with Crippen molar-refractivity contribution in [2.75, 3.05) is 14.2 Å². The van der Waals surface area contributed by atoms with E-state index in [1.165, 1.54) is 26.4 Å². The van der Waals surface area contributed by atoms with E-state index in [1.807, 2.05) is 30.3 Å². The number of hydrogen-bond acceptors (Lipinski definition) is 5. The summed E-state index contributed by atoms with van der Waals surface area (Å²) in [5.41, 5.74) is 6.38. The van der Waals surface area contributed by atoms with Gasteiger partial charge >= 0.3 is 0 Å². The molecule has 2 aromatic carbocycles. The summed E-state index contributed by atoms with van der Waals surface area (Å²) >= 11 is 3.31. The van der Waals surface area contributed by atoms with Crippen molar-refractivity contribution in [3.8, 4) is 17.2 Å². The van der Waals surface area contributed by atoms with Crippen LogP contribution in [0, 0.1) is 0 Å². The van der Waals surface area contributed by atoms with Crippen LogP contribution in [0.1, 0.15) is 26.4 Å². The molecule has 0 fully saturated rings. The summed E-state index contributed by atoms with van der Waals surface area (Å²) in [7, 11) is 4.67. The normalized spacial score (nSPS) is 10.3. The summed E-state index contributed by atoms with van der Waals surface area (Å²) in [4.78, 5) is 24.9. The maximum atomic E-state index is 12.6. The number of carbonyl (C=O) groups is 2. The topological polar surface area (TPSA) is 90.8 Å². The fourth-order valence-corrected chi connectivity index (χ4v) is 3.41. The number of rotatable bonds is 7. The monoisotopic (exact) mass is 487 g/mol. The zero-order valence-corrected chi connectivity index (χ0v) is 18.9. The minimum Gasteiger partial charge on any atom is -0.493 e. The van der Waals surface area contributed by atoms with Gasteiger partial charge in [0.25, 0.3) is 11.8 Å². The molecular weight excluding hydrogens is 466 g/mol. The first-order chi connectivity index (χ1) is 14.9. The van der Waals surface area contributed by atoms with Gasteiger partial charge in [-0.2, -0.15) is 0 Å². The molecule has 3 aromatic rings. The second kappa shape index (κ2) is 10.0. The molecule has 1 aromatic heterocycles. The number of carbonyl (C=O) groups excluding carboxylic acids is 2. The van der Waals surface area contributed by atoms with Gasteiger partial charge in [0, 0.05) is 23.3 Å². The first-order valence-electron chi connectivity index (χ1n) is 9.28. The summed E-state index contributed by atoms with van der Waals surface area (Å²) in [6, 6.07) is 14.3. The Labute approximate surface area is 188 Å². The summed E-state index contributed by atoms with van der Waals surface area (Å²) in [5.74, 6) is 0.0514. The highest BCUT2D eigenvalue weighted by molar-refractivity contribution is 9.10. The molecule has 0 radical (unpaired) electrons. The molecular formula is C22H22BrN3O5. The van der Waals surface area contributed by atoms with E-state index in [4.69, 9.17) is 14.2 Å². The van der Waals surface area contributed by atoms with Crippen molar-refractivity contribution in [2.45, 2.75) is 6.61 Å². The van der Waals surface area contributed by atoms with Crippen LogP contribution in [0.2, 0.25) is 0 Å². The second-order valence-electron chi connectivity index (χ2n) is 6.55. The molecule has 31 heavy (non-hydrogen) atoms. The van der Waals surface area contributed by atoms with Gasteiger partial charge in [-0.25, -0.2) is 0 Å². The number of hydrazine groups is 1. The minimum absolute atomic E-state index is 0.231. The van der Waals surface area contributed by atoms with Crippen LogP contribution in [0.15, 0.2) is 59.2 Å². The van der Waals surface area contributed by atoms with Crippen molar-refractivity contribution >= 4 is 27.7 Å². The van der Waals surface area contributed by atoms with Crippen molar-refractivity contribution in [3.63, 3.8) is 0 Å². The van der Waals surface area contributed by atoms with Gasteiger partial charge in [-0.15, -0.1) is 0 Å². The van der Waals surface area contributed by atoms with E-state index in [1.54, 1.807) is 23.9 Å². The quantitative estimate of drug-likeness (QED) is 0.498. The Morgan fingerprint density at radius 2 is 1.58 bits per heavy atom. The third kappa shape index (κ3) is 5.37. The van der Waals surface area contributed by atoms with Gasteiger partial charge in [0.1, 0.15) is 12.3 Å². The molecule has 2 N–H and O–H groups in total. The average Bonchev–Trinajstić information content (AvgIpc) is 3.13. The molecule has 1 heterocycles. The minimum atomic E-state index is -0.534. The third-order valence-electron chi connectivity index (χ3n) is 4.44. The lowest BCUT2D eigenvalue weighted by atomic mass is 10.1. The molecule has 2 amide bonds. The smallest absolute Gasteiger partial charge is 0.286 e. The van der Waals surface area contributed by atoms with Gasteiger partial charge in [-0.3, -0.25) is 20.4 Å². The summed E-state index contributed by atoms with van der Waals surface area (Å²) < 4.78 is 19.1. The van der Waals surface area contributed by atoms with Gasteiger partial charge in [0.15, 0.2) is 11.5 Å². The van der Waals surface area contributed by atoms with Gasteiger partial charge in [0.05, 0.1) is 14.2 Å². The van der Waals surface area contributed by atoms with E-state index in [-0.39, 0.29) is 5.56 Å². The van der Waals surface area contributed by atoms with Gasteiger partial charge < -0.3 is 18.8 Å². The number of nitrogens with one attached hydrogen (secondary N) is 2. The standard InChI is InChI=1S/C22H22BrN3O5/c1-26-12-16(23)11-17(26)22(28)25-24-21(27)15-9-18(29-2)20(19(10-15)30-3)31-13-14-7-5-4-6-8-14/h4-12H,13H2,1-3H3,(H,24,27)(H,25,28). The van der Waals surface area contributed by atoms with Crippen molar-refractivity contribution in [2.24, 2.45) is 7.05 Å². The Kier molecular flexibility index (Phi) is 7.19. The van der Waals surface area contributed by atoms with Crippen LogP contribution in [0.3, 0.4) is 0 Å². The Bertz CT molecular complexity index is 1060. The number of methoxy groups -OCH3 is 2. The summed E-state index contributed by atoms with van der Waals surface area (Å²) in [6.07, 6.45) is 1.74. The highest BCUT2D eigenvalue weighted by Gasteiger charge is 2.19. The number of benzene rings is 2. The summed E-state index contributed by atoms with van der Waals surface area (Å²) in [5, 5.41) is 0. The van der Waals surface area contributed by atoms with Gasteiger partial charge in [0.2, 0.25) is 5.75 Å². The van der Waals surface area contributed by atoms with Crippen LogP contribution in [-0.4, -0.2) is 30.6 Å². The van der Waals surface area contributed by atoms with Crippen molar-refractivity contribution in [3.05, 3.63) is 76.0 Å². The predicted octanol–water partition coefficient (Wildman–Crippen LogP) is 3.46. The molecule has 0 unspecified atom stereocenters. The number of aryl methyl sites for hydroxylation is 1. The van der Waals surface area contributed by atoms with E-state index in [0.29, 0.717) is 29.5 Å². The molecule has 0 spiro atoms.